The largest absolute Gasteiger partial charge is 0.480 e. The molecule has 10 heteroatoms. The molecule has 0 spiro atoms. The number of aldehydes is 1. The lowest BCUT2D eigenvalue weighted by molar-refractivity contribution is -0.142. The van der Waals surface area contributed by atoms with E-state index in [1.54, 1.807) is 18.6 Å². The van der Waals surface area contributed by atoms with Crippen molar-refractivity contribution in [3.63, 3.8) is 0 Å². The topological polar surface area (TPSA) is 95.5 Å². The number of carbonyl (C=O) groups is 3. The Morgan fingerprint density at radius 3 is 2.52 bits per heavy atom. The van der Waals surface area contributed by atoms with E-state index in [0.29, 0.717) is 17.0 Å². The second-order valence-electron chi connectivity index (χ2n) is 5.09. The molecule has 0 heterocycles. The summed E-state index contributed by atoms with van der Waals surface area (Å²) >= 11 is 14.6. The highest BCUT2D eigenvalue weighted by atomic mass is 35.5. The van der Waals surface area contributed by atoms with E-state index in [9.17, 15) is 19.5 Å². The van der Waals surface area contributed by atoms with Crippen molar-refractivity contribution in [2.75, 3.05) is 29.3 Å². The number of rotatable bonds is 10. The number of benzene rings is 1. The van der Waals surface area contributed by atoms with Crippen molar-refractivity contribution in [3.8, 4) is 0 Å². The minimum absolute atomic E-state index is 0.0801. The molecule has 1 aromatic rings. The summed E-state index contributed by atoms with van der Waals surface area (Å²) in [7, 11) is 0. The van der Waals surface area contributed by atoms with Crippen LogP contribution in [0.3, 0.4) is 0 Å². The number of halogens is 2. The van der Waals surface area contributed by atoms with E-state index in [2.05, 4.69) is 10.6 Å². The average molecular weight is 425 g/mol. The van der Waals surface area contributed by atoms with Crippen LogP contribution in [0.25, 0.3) is 0 Å². The molecule has 0 unspecified atom stereocenters. The van der Waals surface area contributed by atoms with Gasteiger partial charge in [0.1, 0.15) is 6.04 Å². The first-order chi connectivity index (χ1) is 11.8. The Morgan fingerprint density at radius 2 is 2.00 bits per heavy atom. The van der Waals surface area contributed by atoms with Gasteiger partial charge in [0.2, 0.25) is 0 Å². The number of carboxylic acid groups (broad SMARTS) is 1. The summed E-state index contributed by atoms with van der Waals surface area (Å²) in [5.41, 5.74) is -1.37. The van der Waals surface area contributed by atoms with E-state index in [-0.39, 0.29) is 16.5 Å². The van der Waals surface area contributed by atoms with Crippen molar-refractivity contribution >= 4 is 70.6 Å². The highest BCUT2D eigenvalue weighted by Gasteiger charge is 2.40. The first kappa shape index (κ1) is 22.0. The molecule has 0 aromatic heterocycles. The molecule has 2 atom stereocenters. The number of amides is 1. The monoisotopic (exact) mass is 424 g/mol. The second-order valence-corrected chi connectivity index (χ2v) is 7.71. The van der Waals surface area contributed by atoms with Crippen LogP contribution in [0.5, 0.6) is 0 Å². The minimum Gasteiger partial charge on any atom is -0.480 e. The molecule has 6 nitrogen and oxygen atoms in total. The summed E-state index contributed by atoms with van der Waals surface area (Å²) in [6.45, 7) is 0. The molecule has 25 heavy (non-hydrogen) atoms. The van der Waals surface area contributed by atoms with Crippen LogP contribution in [0, 0.1) is 0 Å². The average Bonchev–Trinajstić information content (AvgIpc) is 2.56. The highest BCUT2D eigenvalue weighted by Crippen LogP contribution is 2.29. The normalized spacial score (nSPS) is 14.2. The first-order valence-corrected chi connectivity index (χ1v) is 10.5. The third kappa shape index (κ3) is 5.99. The Kier molecular flexibility index (Phi) is 8.92. The van der Waals surface area contributed by atoms with Gasteiger partial charge in [0.25, 0.3) is 5.91 Å². The number of nitrogens with one attached hydrogen (secondary N) is 2. The Balaban J connectivity index is 3.16. The van der Waals surface area contributed by atoms with E-state index in [0.717, 1.165) is 0 Å². The van der Waals surface area contributed by atoms with Crippen LogP contribution in [-0.2, 0) is 14.4 Å². The van der Waals surface area contributed by atoms with Crippen molar-refractivity contribution in [3.05, 3.63) is 28.2 Å². The molecule has 0 fully saturated rings. The van der Waals surface area contributed by atoms with E-state index >= 15 is 0 Å². The van der Waals surface area contributed by atoms with E-state index < -0.39 is 23.5 Å². The minimum atomic E-state index is -1.68. The Bertz CT molecular complexity index is 648. The fourth-order valence-electron chi connectivity index (χ4n) is 1.97. The van der Waals surface area contributed by atoms with Crippen LogP contribution in [0.4, 0.5) is 5.69 Å². The van der Waals surface area contributed by atoms with Crippen molar-refractivity contribution in [2.45, 2.75) is 11.6 Å². The molecule has 1 rings (SSSR count). The molecule has 0 aliphatic heterocycles. The molecule has 3 N–H and O–H groups in total. The van der Waals surface area contributed by atoms with Crippen molar-refractivity contribution in [1.82, 2.24) is 5.32 Å². The van der Waals surface area contributed by atoms with Gasteiger partial charge in [-0.05, 0) is 30.7 Å². The van der Waals surface area contributed by atoms with E-state index in [1.165, 1.54) is 35.7 Å². The molecule has 138 valence electrons. The van der Waals surface area contributed by atoms with Gasteiger partial charge >= 0.3 is 5.97 Å². The third-order valence-electron chi connectivity index (χ3n) is 3.20. The SMILES string of the molecule is CSC[C@H](NC(=O)[C@](C=O)(CSC)Nc1cc(Cl)ccc1Cl)C(=O)O. The van der Waals surface area contributed by atoms with Gasteiger partial charge in [-0.15, -0.1) is 0 Å². The number of hydrogen-bond acceptors (Lipinski definition) is 6. The fourth-order valence-corrected chi connectivity index (χ4v) is 3.59. The zero-order valence-electron chi connectivity index (χ0n) is 13.5. The Hall–Kier alpha value is -1.09. The molecule has 0 aliphatic carbocycles. The van der Waals surface area contributed by atoms with Gasteiger partial charge < -0.3 is 20.5 Å². The third-order valence-corrected chi connectivity index (χ3v) is 5.18. The van der Waals surface area contributed by atoms with Crippen molar-refractivity contribution < 1.29 is 19.5 Å². The molecule has 1 aromatic carbocycles. The maximum atomic E-state index is 12.7. The number of thioether (sulfide) groups is 2. The van der Waals surface area contributed by atoms with Crippen LogP contribution in [0.1, 0.15) is 0 Å². The van der Waals surface area contributed by atoms with Crippen LogP contribution in [0.2, 0.25) is 10.0 Å². The first-order valence-electron chi connectivity index (χ1n) is 7.01. The maximum Gasteiger partial charge on any atom is 0.327 e. The van der Waals surface area contributed by atoms with Gasteiger partial charge in [-0.3, -0.25) is 4.79 Å². The quantitative estimate of drug-likeness (QED) is 0.392. The second kappa shape index (κ2) is 10.2. The number of carboxylic acids is 1. The molecule has 0 aliphatic rings. The van der Waals surface area contributed by atoms with Gasteiger partial charge in [0, 0.05) is 16.5 Å². The molecule has 0 saturated carbocycles. The van der Waals surface area contributed by atoms with E-state index in [4.69, 9.17) is 23.2 Å². The molecule has 0 bridgehead atoms. The summed E-state index contributed by atoms with van der Waals surface area (Å²) in [4.78, 5) is 35.8. The summed E-state index contributed by atoms with van der Waals surface area (Å²) in [6, 6.07) is 3.49. The van der Waals surface area contributed by atoms with Crippen molar-refractivity contribution in [1.29, 1.82) is 0 Å². The predicted octanol–water partition coefficient (Wildman–Crippen LogP) is 2.64. The number of hydrogen-bond donors (Lipinski definition) is 3. The molecule has 1 amide bonds. The summed E-state index contributed by atoms with van der Waals surface area (Å²) in [5.74, 6) is -1.66. The lowest BCUT2D eigenvalue weighted by atomic mass is 10.0. The van der Waals surface area contributed by atoms with Gasteiger partial charge in [-0.2, -0.15) is 23.5 Å². The van der Waals surface area contributed by atoms with Crippen molar-refractivity contribution in [2.24, 2.45) is 0 Å². The molecular weight excluding hydrogens is 407 g/mol. The lowest BCUT2D eigenvalue weighted by Crippen LogP contribution is -2.59. The predicted molar refractivity (Wildman–Crippen MR) is 105 cm³/mol. The van der Waals surface area contributed by atoms with Gasteiger partial charge in [0.15, 0.2) is 11.8 Å². The zero-order valence-corrected chi connectivity index (χ0v) is 16.7. The molecule has 0 saturated heterocycles. The zero-order chi connectivity index (χ0) is 19.0. The summed E-state index contributed by atoms with van der Waals surface area (Å²) in [5, 5.41) is 15.1. The van der Waals surface area contributed by atoms with E-state index in [1.807, 2.05) is 0 Å². The number of aliphatic carboxylic acids is 1. The Morgan fingerprint density at radius 1 is 1.32 bits per heavy atom. The number of anilines is 1. The summed E-state index contributed by atoms with van der Waals surface area (Å²) in [6.07, 6.45) is 3.90. The van der Waals surface area contributed by atoms with Crippen LogP contribution >= 0.6 is 46.7 Å². The smallest absolute Gasteiger partial charge is 0.327 e. The lowest BCUT2D eigenvalue weighted by Gasteiger charge is -2.30. The van der Waals surface area contributed by atoms with Crippen LogP contribution in [-0.4, -0.2) is 58.9 Å². The fraction of sp³-hybridized carbons (Fsp3) is 0.400. The summed E-state index contributed by atoms with van der Waals surface area (Å²) < 4.78 is 0. The van der Waals surface area contributed by atoms with Gasteiger partial charge in [-0.1, -0.05) is 23.2 Å². The number of carbonyl (C=O) groups excluding carboxylic acids is 2. The standard InChI is InChI=1S/C15H18Cl2N2O4S2/c1-24-6-12(13(21)22)18-14(23)15(7-20,8-25-2)19-11-5-9(16)3-4-10(11)17/h3-5,7,12,19H,6,8H2,1-2H3,(H,18,23)(H,21,22)/t12-,15-/m0/s1. The van der Waals surface area contributed by atoms with Crippen LogP contribution in [0.15, 0.2) is 18.2 Å². The highest BCUT2D eigenvalue weighted by molar-refractivity contribution is 7.98. The van der Waals surface area contributed by atoms with Gasteiger partial charge in [-0.25, -0.2) is 4.79 Å². The Labute approximate surface area is 164 Å². The van der Waals surface area contributed by atoms with Crippen LogP contribution < -0.4 is 10.6 Å². The molecule has 0 radical (unpaired) electrons. The maximum absolute atomic E-state index is 12.7. The molecular formula is C15H18Cl2N2O4S2. The van der Waals surface area contributed by atoms with Gasteiger partial charge in [0.05, 0.1) is 10.7 Å².